The van der Waals surface area contributed by atoms with E-state index in [1.165, 1.54) is 19.3 Å². The van der Waals surface area contributed by atoms with Crippen LogP contribution in [0.2, 0.25) is 0 Å². The molecule has 2 rings (SSSR count). The predicted molar refractivity (Wildman–Crippen MR) is 67.6 cm³/mol. The highest BCUT2D eigenvalue weighted by Crippen LogP contribution is 2.33. The van der Waals surface area contributed by atoms with Crippen LogP contribution in [0, 0.1) is 17.2 Å². The zero-order valence-corrected chi connectivity index (χ0v) is 11.1. The third-order valence-corrected chi connectivity index (χ3v) is 4.28. The van der Waals surface area contributed by atoms with Gasteiger partial charge in [-0.3, -0.25) is 4.90 Å². The van der Waals surface area contributed by atoms with E-state index in [0.29, 0.717) is 12.0 Å². The van der Waals surface area contributed by atoms with Crippen molar-refractivity contribution in [2.75, 3.05) is 19.7 Å². The summed E-state index contributed by atoms with van der Waals surface area (Å²) in [6.45, 7) is 7.76. The van der Waals surface area contributed by atoms with Crippen molar-refractivity contribution >= 4 is 0 Å². The number of likely N-dealkylation sites (tertiary alicyclic amines) is 1. The summed E-state index contributed by atoms with van der Waals surface area (Å²) >= 11 is 0. The molecule has 0 spiro atoms. The molecular weight excluding hydrogens is 212 g/mol. The summed E-state index contributed by atoms with van der Waals surface area (Å²) in [5, 5.41) is 8.80. The number of piperidine rings is 1. The van der Waals surface area contributed by atoms with Crippen LogP contribution in [0.5, 0.6) is 0 Å². The molecular formula is C14H24N2O. The van der Waals surface area contributed by atoms with Gasteiger partial charge in [-0.15, -0.1) is 0 Å². The van der Waals surface area contributed by atoms with E-state index < -0.39 is 0 Å². The van der Waals surface area contributed by atoms with Gasteiger partial charge in [-0.05, 0) is 52.0 Å². The fourth-order valence-electron chi connectivity index (χ4n) is 3.25. The molecule has 0 N–H and O–H groups in total. The van der Waals surface area contributed by atoms with E-state index in [9.17, 15) is 0 Å². The van der Waals surface area contributed by atoms with E-state index in [2.05, 4.69) is 24.8 Å². The fourth-order valence-corrected chi connectivity index (χ4v) is 3.25. The van der Waals surface area contributed by atoms with Gasteiger partial charge in [-0.1, -0.05) is 0 Å². The zero-order chi connectivity index (χ0) is 12.3. The minimum absolute atomic E-state index is 0.228. The summed E-state index contributed by atoms with van der Waals surface area (Å²) in [7, 11) is 0. The average Bonchev–Trinajstić information content (AvgIpc) is 2.74. The first kappa shape index (κ1) is 12.9. The molecule has 2 aliphatic rings. The molecule has 0 aromatic heterocycles. The van der Waals surface area contributed by atoms with Gasteiger partial charge in [0, 0.05) is 25.1 Å². The lowest BCUT2D eigenvalue weighted by atomic mass is 9.81. The molecule has 0 aromatic carbocycles. The summed E-state index contributed by atoms with van der Waals surface area (Å²) < 4.78 is 5.73. The quantitative estimate of drug-likeness (QED) is 0.755. The number of ether oxygens (including phenoxy) is 1. The largest absolute Gasteiger partial charge is 0.377 e. The van der Waals surface area contributed by atoms with Crippen molar-refractivity contribution in [3.63, 3.8) is 0 Å². The molecule has 2 aliphatic heterocycles. The predicted octanol–water partition coefficient (Wildman–Crippen LogP) is 2.57. The van der Waals surface area contributed by atoms with Gasteiger partial charge in [0.05, 0.1) is 12.2 Å². The number of nitrogens with zero attached hydrogens (tertiary/aromatic N) is 2. The van der Waals surface area contributed by atoms with Gasteiger partial charge in [-0.2, -0.15) is 5.26 Å². The number of nitriles is 1. The highest BCUT2D eigenvalue weighted by atomic mass is 16.5. The first-order valence-corrected chi connectivity index (χ1v) is 6.85. The van der Waals surface area contributed by atoms with E-state index in [0.717, 1.165) is 32.5 Å². The van der Waals surface area contributed by atoms with Gasteiger partial charge in [-0.25, -0.2) is 0 Å². The average molecular weight is 236 g/mol. The smallest absolute Gasteiger partial charge is 0.0703 e. The lowest BCUT2D eigenvalue weighted by Gasteiger charge is -2.46. The minimum Gasteiger partial charge on any atom is -0.377 e. The Morgan fingerprint density at radius 2 is 2.24 bits per heavy atom. The Morgan fingerprint density at radius 3 is 2.82 bits per heavy atom. The second-order valence-corrected chi connectivity index (χ2v) is 6.11. The Hall–Kier alpha value is -0.590. The Morgan fingerprint density at radius 1 is 1.41 bits per heavy atom. The van der Waals surface area contributed by atoms with Crippen LogP contribution in [-0.4, -0.2) is 36.2 Å². The molecule has 2 heterocycles. The van der Waals surface area contributed by atoms with Crippen molar-refractivity contribution in [2.24, 2.45) is 5.92 Å². The van der Waals surface area contributed by atoms with Crippen LogP contribution < -0.4 is 0 Å². The van der Waals surface area contributed by atoms with Crippen LogP contribution in [0.1, 0.15) is 46.0 Å². The molecule has 17 heavy (non-hydrogen) atoms. The van der Waals surface area contributed by atoms with Gasteiger partial charge < -0.3 is 4.74 Å². The maximum atomic E-state index is 8.80. The number of rotatable bonds is 3. The molecule has 96 valence electrons. The maximum Gasteiger partial charge on any atom is 0.0703 e. The van der Waals surface area contributed by atoms with Gasteiger partial charge >= 0.3 is 0 Å². The lowest BCUT2D eigenvalue weighted by molar-refractivity contribution is -0.00199. The van der Waals surface area contributed by atoms with Crippen LogP contribution in [0.15, 0.2) is 0 Å². The molecule has 2 atom stereocenters. The Bertz CT molecular complexity index is 289. The normalized spacial score (nSPS) is 33.5. The van der Waals surface area contributed by atoms with Crippen molar-refractivity contribution < 1.29 is 4.74 Å². The molecule has 2 fully saturated rings. The van der Waals surface area contributed by atoms with E-state index in [4.69, 9.17) is 10.00 Å². The molecule has 0 amide bonds. The van der Waals surface area contributed by atoms with E-state index in [-0.39, 0.29) is 5.54 Å². The maximum absolute atomic E-state index is 8.80. The van der Waals surface area contributed by atoms with Crippen molar-refractivity contribution in [3.8, 4) is 6.07 Å². The van der Waals surface area contributed by atoms with Gasteiger partial charge in [0.1, 0.15) is 0 Å². The highest BCUT2D eigenvalue weighted by molar-refractivity contribution is 4.93. The van der Waals surface area contributed by atoms with Gasteiger partial charge in [0.25, 0.3) is 0 Å². The standard InChI is InChI=1S/C14H24N2O/c1-14(2)10-12(5-7-15)6-8-16(14)11-13-4-3-9-17-13/h12-13H,3-6,8-11H2,1-2H3. The van der Waals surface area contributed by atoms with Gasteiger partial charge in [0.15, 0.2) is 0 Å². The van der Waals surface area contributed by atoms with Crippen LogP contribution in [0.25, 0.3) is 0 Å². The van der Waals surface area contributed by atoms with Crippen LogP contribution in [-0.2, 0) is 4.74 Å². The van der Waals surface area contributed by atoms with Crippen molar-refractivity contribution in [1.29, 1.82) is 5.26 Å². The Balaban J connectivity index is 1.88. The first-order chi connectivity index (χ1) is 8.12. The zero-order valence-electron chi connectivity index (χ0n) is 11.1. The van der Waals surface area contributed by atoms with Crippen LogP contribution in [0.3, 0.4) is 0 Å². The van der Waals surface area contributed by atoms with Crippen molar-refractivity contribution in [1.82, 2.24) is 4.90 Å². The fraction of sp³-hybridized carbons (Fsp3) is 0.929. The van der Waals surface area contributed by atoms with Gasteiger partial charge in [0.2, 0.25) is 0 Å². The summed E-state index contributed by atoms with van der Waals surface area (Å²) in [4.78, 5) is 2.57. The monoisotopic (exact) mass is 236 g/mol. The van der Waals surface area contributed by atoms with E-state index >= 15 is 0 Å². The molecule has 0 radical (unpaired) electrons. The summed E-state index contributed by atoms with van der Waals surface area (Å²) in [5.41, 5.74) is 0.228. The Kier molecular flexibility index (Phi) is 4.06. The van der Waals surface area contributed by atoms with E-state index in [1.807, 2.05) is 0 Å². The topological polar surface area (TPSA) is 36.3 Å². The minimum atomic E-state index is 0.228. The van der Waals surface area contributed by atoms with Crippen molar-refractivity contribution in [2.45, 2.75) is 57.6 Å². The molecule has 3 nitrogen and oxygen atoms in total. The molecule has 2 saturated heterocycles. The molecule has 0 aromatic rings. The van der Waals surface area contributed by atoms with Crippen LogP contribution >= 0.6 is 0 Å². The molecule has 0 aliphatic carbocycles. The summed E-state index contributed by atoms with van der Waals surface area (Å²) in [6, 6.07) is 2.32. The summed E-state index contributed by atoms with van der Waals surface area (Å²) in [6.07, 6.45) is 5.92. The summed E-state index contributed by atoms with van der Waals surface area (Å²) in [5.74, 6) is 0.593. The highest BCUT2D eigenvalue weighted by Gasteiger charge is 2.36. The third kappa shape index (κ3) is 3.20. The van der Waals surface area contributed by atoms with Crippen LogP contribution in [0.4, 0.5) is 0 Å². The number of hydrogen-bond acceptors (Lipinski definition) is 3. The SMILES string of the molecule is CC1(C)CC(CC#N)CCN1CC1CCCO1. The Labute approximate surface area is 105 Å². The molecule has 2 unspecified atom stereocenters. The second kappa shape index (κ2) is 5.37. The molecule has 0 bridgehead atoms. The molecule has 3 heteroatoms. The second-order valence-electron chi connectivity index (χ2n) is 6.11. The first-order valence-electron chi connectivity index (χ1n) is 6.85. The van der Waals surface area contributed by atoms with Crippen molar-refractivity contribution in [3.05, 3.63) is 0 Å². The van der Waals surface area contributed by atoms with E-state index in [1.54, 1.807) is 0 Å². The number of hydrogen-bond donors (Lipinski definition) is 0. The third-order valence-electron chi connectivity index (χ3n) is 4.28. The lowest BCUT2D eigenvalue weighted by Crippen LogP contribution is -2.52. The molecule has 0 saturated carbocycles.